The highest BCUT2D eigenvalue weighted by Crippen LogP contribution is 2.18. The second-order valence-corrected chi connectivity index (χ2v) is 6.71. The fraction of sp³-hybridized carbons (Fsp3) is 0.462. The Kier molecular flexibility index (Phi) is 4.12. The molecule has 0 saturated carbocycles. The van der Waals surface area contributed by atoms with E-state index in [-0.39, 0.29) is 16.8 Å². The van der Waals surface area contributed by atoms with Crippen LogP contribution in [0.15, 0.2) is 23.1 Å². The first-order valence-corrected chi connectivity index (χ1v) is 8.02. The lowest BCUT2D eigenvalue weighted by atomic mass is 10.0. The van der Waals surface area contributed by atoms with E-state index < -0.39 is 10.0 Å². The predicted molar refractivity (Wildman–Crippen MR) is 75.7 cm³/mol. The predicted octanol–water partition coefficient (Wildman–Crippen LogP) is 0.206. The Labute approximate surface area is 118 Å². The molecule has 7 heteroatoms. The summed E-state index contributed by atoms with van der Waals surface area (Å²) in [7, 11) is -3.75. The molecule has 1 aliphatic rings. The third kappa shape index (κ3) is 3.17. The van der Waals surface area contributed by atoms with Crippen molar-refractivity contribution in [1.29, 1.82) is 0 Å². The van der Waals surface area contributed by atoms with Gasteiger partial charge in [-0.3, -0.25) is 4.79 Å². The van der Waals surface area contributed by atoms with Crippen molar-refractivity contribution in [3.05, 3.63) is 29.3 Å². The van der Waals surface area contributed by atoms with Crippen LogP contribution in [0.3, 0.4) is 0 Å². The second-order valence-electron chi connectivity index (χ2n) is 5.18. The van der Waals surface area contributed by atoms with Crippen LogP contribution in [0, 0.1) is 6.92 Å². The maximum atomic E-state index is 12.3. The van der Waals surface area contributed by atoms with Gasteiger partial charge in [-0.05, 0) is 43.5 Å². The number of aryl methyl sites for hydroxylation is 1. The molecule has 1 amide bonds. The Morgan fingerprint density at radius 2 is 2.10 bits per heavy atom. The number of carbonyl (C=O) groups is 1. The topological polar surface area (TPSA) is 106 Å². The fourth-order valence-electron chi connectivity index (χ4n) is 2.48. The number of piperidine rings is 1. The van der Waals surface area contributed by atoms with Crippen LogP contribution >= 0.6 is 0 Å². The van der Waals surface area contributed by atoms with E-state index in [1.54, 1.807) is 17.9 Å². The molecular formula is C13H19N3O3S. The van der Waals surface area contributed by atoms with Crippen LogP contribution in [0.2, 0.25) is 0 Å². The number of carbonyl (C=O) groups excluding carboxylic acids is 1. The molecule has 1 aliphatic heterocycles. The quantitative estimate of drug-likeness (QED) is 0.813. The van der Waals surface area contributed by atoms with Crippen LogP contribution in [0.4, 0.5) is 0 Å². The summed E-state index contributed by atoms with van der Waals surface area (Å²) in [6.45, 7) is 2.84. The third-order valence-electron chi connectivity index (χ3n) is 3.47. The highest BCUT2D eigenvalue weighted by molar-refractivity contribution is 7.89. The van der Waals surface area contributed by atoms with E-state index >= 15 is 0 Å². The summed E-state index contributed by atoms with van der Waals surface area (Å²) in [5.74, 6) is -0.121. The lowest BCUT2D eigenvalue weighted by Crippen LogP contribution is -2.45. The SMILES string of the molecule is Cc1cc(C(=O)N2CCC[C@@H](N)C2)ccc1S(N)(=O)=O. The minimum Gasteiger partial charge on any atom is -0.337 e. The van der Waals surface area contributed by atoms with Gasteiger partial charge in [-0.25, -0.2) is 13.6 Å². The largest absolute Gasteiger partial charge is 0.337 e. The van der Waals surface area contributed by atoms with Crippen molar-refractivity contribution in [2.75, 3.05) is 13.1 Å². The summed E-state index contributed by atoms with van der Waals surface area (Å²) in [6.07, 6.45) is 1.81. The van der Waals surface area contributed by atoms with Crippen molar-refractivity contribution < 1.29 is 13.2 Å². The molecule has 4 N–H and O–H groups in total. The Balaban J connectivity index is 2.25. The molecule has 1 aromatic rings. The minimum absolute atomic E-state index is 0.0116. The summed E-state index contributed by atoms with van der Waals surface area (Å²) in [6, 6.07) is 4.44. The minimum atomic E-state index is -3.75. The zero-order valence-corrected chi connectivity index (χ0v) is 12.2. The molecule has 110 valence electrons. The summed E-state index contributed by atoms with van der Waals surface area (Å²) >= 11 is 0. The van der Waals surface area contributed by atoms with Gasteiger partial charge in [0.2, 0.25) is 10.0 Å². The Hall–Kier alpha value is -1.44. The number of sulfonamides is 1. The van der Waals surface area contributed by atoms with Gasteiger partial charge in [0.15, 0.2) is 0 Å². The molecular weight excluding hydrogens is 278 g/mol. The van der Waals surface area contributed by atoms with Gasteiger partial charge in [0.25, 0.3) is 5.91 Å². The van der Waals surface area contributed by atoms with Crippen LogP contribution < -0.4 is 10.9 Å². The first-order chi connectivity index (χ1) is 9.29. The standard InChI is InChI=1S/C13H19N3O3S/c1-9-7-10(4-5-12(9)20(15,18)19)13(17)16-6-2-3-11(14)8-16/h4-5,7,11H,2-3,6,8,14H2,1H3,(H2,15,18,19)/t11-/m1/s1. The maximum absolute atomic E-state index is 12.3. The van der Waals surface area contributed by atoms with E-state index in [0.29, 0.717) is 24.2 Å². The Bertz CT molecular complexity index is 628. The number of benzene rings is 1. The van der Waals surface area contributed by atoms with Gasteiger partial charge in [-0.15, -0.1) is 0 Å². The summed E-state index contributed by atoms with van der Waals surface area (Å²) < 4.78 is 22.7. The maximum Gasteiger partial charge on any atom is 0.253 e. The first kappa shape index (κ1) is 15.0. The van der Waals surface area contributed by atoms with E-state index in [9.17, 15) is 13.2 Å². The van der Waals surface area contributed by atoms with Crippen molar-refractivity contribution in [1.82, 2.24) is 4.90 Å². The molecule has 6 nitrogen and oxygen atoms in total. The molecule has 0 unspecified atom stereocenters. The van der Waals surface area contributed by atoms with Crippen molar-refractivity contribution in [3.8, 4) is 0 Å². The molecule has 0 bridgehead atoms. The molecule has 0 aromatic heterocycles. The van der Waals surface area contributed by atoms with Crippen LogP contribution in [-0.4, -0.2) is 38.4 Å². The van der Waals surface area contributed by atoms with Gasteiger partial charge in [0.05, 0.1) is 4.90 Å². The van der Waals surface area contributed by atoms with Crippen molar-refractivity contribution in [2.45, 2.75) is 30.7 Å². The molecule has 1 saturated heterocycles. The molecule has 0 spiro atoms. The fourth-order valence-corrected chi connectivity index (χ4v) is 3.24. The van der Waals surface area contributed by atoms with E-state index in [4.69, 9.17) is 10.9 Å². The molecule has 20 heavy (non-hydrogen) atoms. The summed E-state index contributed by atoms with van der Waals surface area (Å²) in [4.78, 5) is 14.1. The van der Waals surface area contributed by atoms with E-state index in [2.05, 4.69) is 0 Å². The van der Waals surface area contributed by atoms with Crippen LogP contribution in [0.1, 0.15) is 28.8 Å². The zero-order valence-electron chi connectivity index (χ0n) is 11.4. The number of nitrogens with two attached hydrogens (primary N) is 2. The number of hydrogen-bond acceptors (Lipinski definition) is 4. The molecule has 0 aliphatic carbocycles. The van der Waals surface area contributed by atoms with Crippen LogP contribution in [0.5, 0.6) is 0 Å². The number of likely N-dealkylation sites (tertiary alicyclic amines) is 1. The van der Waals surface area contributed by atoms with E-state index in [1.807, 2.05) is 0 Å². The summed E-state index contributed by atoms with van der Waals surface area (Å²) in [5.41, 5.74) is 6.80. The van der Waals surface area contributed by atoms with Gasteiger partial charge in [0, 0.05) is 24.7 Å². The second kappa shape index (κ2) is 5.51. The van der Waals surface area contributed by atoms with Crippen LogP contribution in [-0.2, 0) is 10.0 Å². The van der Waals surface area contributed by atoms with E-state index in [1.165, 1.54) is 12.1 Å². The van der Waals surface area contributed by atoms with Crippen molar-refractivity contribution >= 4 is 15.9 Å². The Morgan fingerprint density at radius 1 is 1.40 bits per heavy atom. The van der Waals surface area contributed by atoms with Gasteiger partial charge >= 0.3 is 0 Å². The van der Waals surface area contributed by atoms with Crippen LogP contribution in [0.25, 0.3) is 0 Å². The van der Waals surface area contributed by atoms with Gasteiger partial charge in [0.1, 0.15) is 0 Å². The molecule has 1 fully saturated rings. The smallest absolute Gasteiger partial charge is 0.253 e. The number of nitrogens with zero attached hydrogens (tertiary/aromatic N) is 1. The average Bonchev–Trinajstić information content (AvgIpc) is 2.36. The highest BCUT2D eigenvalue weighted by Gasteiger charge is 2.23. The zero-order chi connectivity index (χ0) is 14.9. The van der Waals surface area contributed by atoms with Gasteiger partial charge in [-0.2, -0.15) is 0 Å². The number of primary sulfonamides is 1. The first-order valence-electron chi connectivity index (χ1n) is 6.47. The number of hydrogen-bond donors (Lipinski definition) is 2. The summed E-state index contributed by atoms with van der Waals surface area (Å²) in [5, 5.41) is 5.11. The van der Waals surface area contributed by atoms with Gasteiger partial charge < -0.3 is 10.6 Å². The molecule has 1 aromatic carbocycles. The lowest BCUT2D eigenvalue weighted by molar-refractivity contribution is 0.0708. The third-order valence-corrected chi connectivity index (χ3v) is 4.54. The van der Waals surface area contributed by atoms with E-state index in [0.717, 1.165) is 12.8 Å². The highest BCUT2D eigenvalue weighted by atomic mass is 32.2. The molecule has 2 rings (SSSR count). The normalized spacial score (nSPS) is 19.9. The van der Waals surface area contributed by atoms with Crippen molar-refractivity contribution in [3.63, 3.8) is 0 Å². The number of amides is 1. The number of rotatable bonds is 2. The average molecular weight is 297 g/mol. The van der Waals surface area contributed by atoms with Gasteiger partial charge in [-0.1, -0.05) is 0 Å². The Morgan fingerprint density at radius 3 is 2.65 bits per heavy atom. The monoisotopic (exact) mass is 297 g/mol. The lowest BCUT2D eigenvalue weighted by Gasteiger charge is -2.31. The molecule has 0 radical (unpaired) electrons. The molecule has 1 atom stereocenters. The van der Waals surface area contributed by atoms with Crippen molar-refractivity contribution in [2.24, 2.45) is 10.9 Å². The molecule has 1 heterocycles.